The minimum Gasteiger partial charge on any atom is -0.482 e. The molecule has 0 spiro atoms. The van der Waals surface area contributed by atoms with E-state index in [9.17, 15) is 9.18 Å². The molecule has 6 heteroatoms. The highest BCUT2D eigenvalue weighted by Crippen LogP contribution is 2.23. The van der Waals surface area contributed by atoms with E-state index in [0.717, 1.165) is 6.07 Å². The van der Waals surface area contributed by atoms with Gasteiger partial charge in [-0.05, 0) is 30.3 Å². The van der Waals surface area contributed by atoms with Gasteiger partial charge in [0.05, 0.1) is 16.4 Å². The lowest BCUT2D eigenvalue weighted by Gasteiger charge is -2.10. The quantitative estimate of drug-likeness (QED) is 0.852. The van der Waals surface area contributed by atoms with Crippen LogP contribution in [0.2, 0.25) is 5.02 Å². The van der Waals surface area contributed by atoms with Crippen molar-refractivity contribution in [3.05, 3.63) is 53.3 Å². The number of carbonyl (C=O) groups is 1. The van der Waals surface area contributed by atoms with E-state index in [-0.39, 0.29) is 11.6 Å². The van der Waals surface area contributed by atoms with E-state index in [1.54, 1.807) is 24.3 Å². The van der Waals surface area contributed by atoms with Crippen LogP contribution in [-0.4, -0.2) is 12.5 Å². The van der Waals surface area contributed by atoms with Gasteiger partial charge in [-0.2, -0.15) is 0 Å². The van der Waals surface area contributed by atoms with Gasteiger partial charge in [-0.3, -0.25) is 4.79 Å². The predicted molar refractivity (Wildman–Crippen MR) is 76.4 cm³/mol. The second-order valence-corrected chi connectivity index (χ2v) is 4.41. The summed E-state index contributed by atoms with van der Waals surface area (Å²) >= 11 is 5.80. The number of rotatable bonds is 4. The molecule has 0 radical (unpaired) electrons. The topological polar surface area (TPSA) is 64.3 Å². The molecule has 104 valence electrons. The largest absolute Gasteiger partial charge is 0.482 e. The molecule has 0 atom stereocenters. The van der Waals surface area contributed by atoms with Crippen LogP contribution in [0.4, 0.5) is 15.8 Å². The smallest absolute Gasteiger partial charge is 0.262 e. The Bertz CT molecular complexity index is 634. The van der Waals surface area contributed by atoms with Gasteiger partial charge < -0.3 is 15.8 Å². The summed E-state index contributed by atoms with van der Waals surface area (Å²) in [5.74, 6) is -0.462. The molecule has 20 heavy (non-hydrogen) atoms. The van der Waals surface area contributed by atoms with E-state index in [1.165, 1.54) is 12.1 Å². The Morgan fingerprint density at radius 3 is 2.75 bits per heavy atom. The van der Waals surface area contributed by atoms with Crippen molar-refractivity contribution in [2.45, 2.75) is 0 Å². The first kappa shape index (κ1) is 14.1. The monoisotopic (exact) mass is 294 g/mol. The molecule has 2 aromatic rings. The predicted octanol–water partition coefficient (Wildman–Crippen LogP) is 3.08. The molecule has 0 aliphatic carbocycles. The van der Waals surface area contributed by atoms with Crippen LogP contribution in [0.1, 0.15) is 0 Å². The molecular formula is C14H12ClFN2O2. The van der Waals surface area contributed by atoms with E-state index in [1.807, 2.05) is 0 Å². The first-order valence-electron chi connectivity index (χ1n) is 5.78. The second-order valence-electron chi connectivity index (χ2n) is 4.00. The number of para-hydroxylation sites is 2. The zero-order valence-electron chi connectivity index (χ0n) is 10.4. The zero-order valence-corrected chi connectivity index (χ0v) is 11.2. The average Bonchev–Trinajstić information content (AvgIpc) is 2.41. The summed E-state index contributed by atoms with van der Waals surface area (Å²) in [6, 6.07) is 10.6. The molecule has 1 amide bonds. The van der Waals surface area contributed by atoms with Gasteiger partial charge in [0.25, 0.3) is 5.91 Å². The minimum atomic E-state index is -0.471. The van der Waals surface area contributed by atoms with Crippen molar-refractivity contribution in [3.8, 4) is 5.75 Å². The van der Waals surface area contributed by atoms with Gasteiger partial charge in [0.1, 0.15) is 11.6 Å². The van der Waals surface area contributed by atoms with Gasteiger partial charge >= 0.3 is 0 Å². The fourth-order valence-corrected chi connectivity index (χ4v) is 1.75. The summed E-state index contributed by atoms with van der Waals surface area (Å²) < 4.78 is 18.1. The average molecular weight is 295 g/mol. The van der Waals surface area contributed by atoms with Crippen molar-refractivity contribution in [1.82, 2.24) is 0 Å². The Balaban J connectivity index is 1.94. The lowest BCUT2D eigenvalue weighted by molar-refractivity contribution is -0.118. The zero-order chi connectivity index (χ0) is 14.5. The van der Waals surface area contributed by atoms with Gasteiger partial charge in [0.2, 0.25) is 0 Å². The van der Waals surface area contributed by atoms with Crippen molar-refractivity contribution in [1.29, 1.82) is 0 Å². The van der Waals surface area contributed by atoms with E-state index in [0.29, 0.717) is 17.1 Å². The summed E-state index contributed by atoms with van der Waals surface area (Å²) in [6.45, 7) is -0.220. The van der Waals surface area contributed by atoms with Gasteiger partial charge in [-0.15, -0.1) is 0 Å². The molecule has 0 aromatic heterocycles. The van der Waals surface area contributed by atoms with E-state index in [4.69, 9.17) is 22.1 Å². The Hall–Kier alpha value is -2.27. The summed E-state index contributed by atoms with van der Waals surface area (Å²) in [7, 11) is 0. The lowest BCUT2D eigenvalue weighted by atomic mass is 10.3. The molecule has 0 aliphatic rings. The number of hydrogen-bond donors (Lipinski definition) is 2. The maximum absolute atomic E-state index is 12.9. The van der Waals surface area contributed by atoms with Crippen LogP contribution in [0.25, 0.3) is 0 Å². The molecule has 0 unspecified atom stereocenters. The first-order chi connectivity index (χ1) is 9.56. The van der Waals surface area contributed by atoms with E-state index < -0.39 is 11.7 Å². The van der Waals surface area contributed by atoms with Crippen LogP contribution in [-0.2, 0) is 4.79 Å². The maximum atomic E-state index is 12.9. The number of anilines is 2. The van der Waals surface area contributed by atoms with E-state index >= 15 is 0 Å². The molecule has 3 N–H and O–H groups in total. The molecule has 2 rings (SSSR count). The SMILES string of the molecule is Nc1ccccc1OCC(=O)Nc1ccc(F)cc1Cl. The number of halogens is 2. The van der Waals surface area contributed by atoms with Crippen molar-refractivity contribution >= 4 is 28.9 Å². The summed E-state index contributed by atoms with van der Waals surface area (Å²) in [4.78, 5) is 11.7. The number of hydrogen-bond acceptors (Lipinski definition) is 3. The number of carbonyl (C=O) groups excluding carboxylic acids is 1. The van der Waals surface area contributed by atoms with Crippen LogP contribution in [0.5, 0.6) is 5.75 Å². The maximum Gasteiger partial charge on any atom is 0.262 e. The lowest BCUT2D eigenvalue weighted by Crippen LogP contribution is -2.20. The number of amides is 1. The fraction of sp³-hybridized carbons (Fsp3) is 0.0714. The Kier molecular flexibility index (Phi) is 4.42. The molecule has 0 bridgehead atoms. The normalized spacial score (nSPS) is 10.1. The van der Waals surface area contributed by atoms with Gasteiger partial charge in [-0.1, -0.05) is 23.7 Å². The number of ether oxygens (including phenoxy) is 1. The number of nitrogens with one attached hydrogen (secondary N) is 1. The van der Waals surface area contributed by atoms with Crippen LogP contribution < -0.4 is 15.8 Å². The van der Waals surface area contributed by atoms with Crippen LogP contribution in [0.15, 0.2) is 42.5 Å². The Morgan fingerprint density at radius 2 is 2.05 bits per heavy atom. The highest BCUT2D eigenvalue weighted by atomic mass is 35.5. The van der Waals surface area contributed by atoms with E-state index in [2.05, 4.69) is 5.32 Å². The fourth-order valence-electron chi connectivity index (χ4n) is 1.53. The molecule has 0 heterocycles. The Morgan fingerprint density at radius 1 is 1.30 bits per heavy atom. The third-order valence-electron chi connectivity index (χ3n) is 2.48. The first-order valence-corrected chi connectivity index (χ1v) is 6.16. The van der Waals surface area contributed by atoms with Crippen molar-refractivity contribution in [3.63, 3.8) is 0 Å². The molecule has 0 saturated carbocycles. The van der Waals surface area contributed by atoms with Crippen LogP contribution >= 0.6 is 11.6 Å². The highest BCUT2D eigenvalue weighted by molar-refractivity contribution is 6.33. The second kappa shape index (κ2) is 6.25. The highest BCUT2D eigenvalue weighted by Gasteiger charge is 2.08. The molecule has 4 nitrogen and oxygen atoms in total. The molecule has 0 saturated heterocycles. The van der Waals surface area contributed by atoms with Crippen LogP contribution in [0, 0.1) is 5.82 Å². The van der Waals surface area contributed by atoms with Crippen molar-refractivity contribution < 1.29 is 13.9 Å². The van der Waals surface area contributed by atoms with Crippen LogP contribution in [0.3, 0.4) is 0 Å². The molecule has 0 aliphatic heterocycles. The van der Waals surface area contributed by atoms with Crippen molar-refractivity contribution in [2.24, 2.45) is 0 Å². The third kappa shape index (κ3) is 3.61. The minimum absolute atomic E-state index is 0.123. The molecular weight excluding hydrogens is 283 g/mol. The number of nitrogen functional groups attached to an aromatic ring is 1. The summed E-state index contributed by atoms with van der Waals surface area (Å²) in [6.07, 6.45) is 0. The third-order valence-corrected chi connectivity index (χ3v) is 2.80. The number of nitrogens with two attached hydrogens (primary N) is 1. The molecule has 2 aromatic carbocycles. The number of benzene rings is 2. The standard InChI is InChI=1S/C14H12ClFN2O2/c15-10-7-9(16)5-6-12(10)18-14(19)8-20-13-4-2-1-3-11(13)17/h1-7H,8,17H2,(H,18,19). The summed E-state index contributed by atoms with van der Waals surface area (Å²) in [5, 5.41) is 2.65. The summed E-state index contributed by atoms with van der Waals surface area (Å²) in [5.41, 5.74) is 6.45. The Labute approximate surface area is 120 Å². The van der Waals surface area contributed by atoms with Gasteiger partial charge in [-0.25, -0.2) is 4.39 Å². The van der Waals surface area contributed by atoms with Gasteiger partial charge in [0, 0.05) is 0 Å². The van der Waals surface area contributed by atoms with Gasteiger partial charge in [0.15, 0.2) is 6.61 Å². The van der Waals surface area contributed by atoms with Crippen molar-refractivity contribution in [2.75, 3.05) is 17.7 Å². The molecule has 0 fully saturated rings.